The van der Waals surface area contributed by atoms with Crippen molar-refractivity contribution in [3.8, 4) is 0 Å². The van der Waals surface area contributed by atoms with Crippen molar-refractivity contribution in [2.45, 2.75) is 19.4 Å². The third-order valence-corrected chi connectivity index (χ3v) is 6.04. The number of aryl methyl sites for hydroxylation is 1. The lowest BCUT2D eigenvalue weighted by atomic mass is 9.97. The standard InChI is InChI=1S/C28H23N3O3/c1-17-6-13-24-23(14-17)26(20-9-11-21(12-10-20)27(32)31-34)29-25(28(33)30-24)16-18-7-8-19-4-2-3-5-22(19)15-18/h2-15,25,34H,16H2,1H3,(H,30,33)(H,31,32). The Bertz CT molecular complexity index is 1440. The molecule has 0 fully saturated rings. The predicted octanol–water partition coefficient (Wildman–Crippen LogP) is 4.67. The normalized spacial score (nSPS) is 15.2. The molecule has 0 aliphatic carbocycles. The van der Waals surface area contributed by atoms with Gasteiger partial charge in [-0.15, -0.1) is 0 Å². The molecule has 168 valence electrons. The van der Waals surface area contributed by atoms with E-state index in [1.807, 2.05) is 43.3 Å². The van der Waals surface area contributed by atoms with E-state index in [0.29, 0.717) is 23.4 Å². The van der Waals surface area contributed by atoms with Gasteiger partial charge in [-0.3, -0.25) is 19.8 Å². The minimum Gasteiger partial charge on any atom is -0.324 e. The quantitative estimate of drug-likeness (QED) is 0.312. The third-order valence-electron chi connectivity index (χ3n) is 6.04. The number of amides is 2. The molecule has 34 heavy (non-hydrogen) atoms. The van der Waals surface area contributed by atoms with E-state index in [9.17, 15) is 9.59 Å². The average Bonchev–Trinajstić information content (AvgIpc) is 2.99. The van der Waals surface area contributed by atoms with Gasteiger partial charge in [0, 0.05) is 23.1 Å². The summed E-state index contributed by atoms with van der Waals surface area (Å²) in [6.07, 6.45) is 0.456. The first kappa shape index (κ1) is 21.6. The molecule has 6 nitrogen and oxygen atoms in total. The van der Waals surface area contributed by atoms with E-state index in [0.717, 1.165) is 33.0 Å². The maximum atomic E-state index is 13.2. The Morgan fingerprint density at radius 2 is 1.74 bits per heavy atom. The molecule has 1 heterocycles. The predicted molar refractivity (Wildman–Crippen MR) is 133 cm³/mol. The minimum absolute atomic E-state index is 0.162. The molecular formula is C28H23N3O3. The van der Waals surface area contributed by atoms with Gasteiger partial charge in [0.1, 0.15) is 6.04 Å². The maximum absolute atomic E-state index is 13.2. The SMILES string of the molecule is Cc1ccc2c(c1)C(c1ccc(C(=O)NO)cc1)=NC(Cc1ccc3ccccc3c1)C(=O)N2. The zero-order valence-corrected chi connectivity index (χ0v) is 18.6. The fourth-order valence-electron chi connectivity index (χ4n) is 4.26. The molecule has 0 saturated heterocycles. The molecule has 4 aromatic carbocycles. The topological polar surface area (TPSA) is 90.8 Å². The van der Waals surface area contributed by atoms with E-state index in [1.165, 1.54) is 0 Å². The molecule has 0 bridgehead atoms. The van der Waals surface area contributed by atoms with Crippen LogP contribution in [0.15, 0.2) is 89.9 Å². The van der Waals surface area contributed by atoms with Crippen molar-refractivity contribution in [1.82, 2.24) is 5.48 Å². The molecule has 0 spiro atoms. The van der Waals surface area contributed by atoms with Gasteiger partial charge in [-0.2, -0.15) is 0 Å². The van der Waals surface area contributed by atoms with Crippen molar-refractivity contribution < 1.29 is 14.8 Å². The molecule has 1 aliphatic heterocycles. The number of nitrogens with zero attached hydrogens (tertiary/aromatic N) is 1. The van der Waals surface area contributed by atoms with Crippen molar-refractivity contribution in [1.29, 1.82) is 0 Å². The van der Waals surface area contributed by atoms with Gasteiger partial charge in [0.05, 0.1) is 11.4 Å². The molecule has 1 aliphatic rings. The smallest absolute Gasteiger partial charge is 0.274 e. The first-order valence-electron chi connectivity index (χ1n) is 11.0. The second-order valence-corrected chi connectivity index (χ2v) is 8.44. The number of fused-ring (bicyclic) bond motifs is 2. The van der Waals surface area contributed by atoms with Crippen LogP contribution in [0.3, 0.4) is 0 Å². The fraction of sp³-hybridized carbons (Fsp3) is 0.107. The summed E-state index contributed by atoms with van der Waals surface area (Å²) in [6.45, 7) is 1.99. The molecule has 1 unspecified atom stereocenters. The van der Waals surface area contributed by atoms with Gasteiger partial charge in [-0.05, 0) is 47.5 Å². The second-order valence-electron chi connectivity index (χ2n) is 8.44. The highest BCUT2D eigenvalue weighted by Crippen LogP contribution is 2.27. The van der Waals surface area contributed by atoms with Gasteiger partial charge in [0.2, 0.25) is 5.91 Å². The van der Waals surface area contributed by atoms with Gasteiger partial charge in [-0.25, -0.2) is 5.48 Å². The number of hydrogen-bond donors (Lipinski definition) is 3. The summed E-state index contributed by atoms with van der Waals surface area (Å²) >= 11 is 0. The number of benzodiazepines with no additional fused rings is 1. The van der Waals surface area contributed by atoms with Crippen LogP contribution in [0.1, 0.15) is 32.6 Å². The highest BCUT2D eigenvalue weighted by Gasteiger charge is 2.26. The van der Waals surface area contributed by atoms with Crippen LogP contribution in [-0.2, 0) is 11.2 Å². The molecule has 5 rings (SSSR count). The van der Waals surface area contributed by atoms with Crippen LogP contribution in [0.5, 0.6) is 0 Å². The van der Waals surface area contributed by atoms with E-state index in [-0.39, 0.29) is 5.91 Å². The molecule has 3 N–H and O–H groups in total. The molecular weight excluding hydrogens is 426 g/mol. The first-order valence-corrected chi connectivity index (χ1v) is 11.0. The van der Waals surface area contributed by atoms with E-state index in [4.69, 9.17) is 10.2 Å². The highest BCUT2D eigenvalue weighted by atomic mass is 16.5. The summed E-state index contributed by atoms with van der Waals surface area (Å²) in [5.41, 5.74) is 7.03. The summed E-state index contributed by atoms with van der Waals surface area (Å²) in [4.78, 5) is 29.9. The van der Waals surface area contributed by atoms with Crippen molar-refractivity contribution in [2.75, 3.05) is 5.32 Å². The van der Waals surface area contributed by atoms with Crippen LogP contribution in [0.2, 0.25) is 0 Å². The van der Waals surface area contributed by atoms with Crippen LogP contribution in [0, 0.1) is 6.92 Å². The lowest BCUT2D eigenvalue weighted by Crippen LogP contribution is -2.27. The van der Waals surface area contributed by atoms with Crippen molar-refractivity contribution in [3.63, 3.8) is 0 Å². The average molecular weight is 450 g/mol. The van der Waals surface area contributed by atoms with Crippen LogP contribution >= 0.6 is 0 Å². The van der Waals surface area contributed by atoms with E-state index in [1.54, 1.807) is 29.7 Å². The van der Waals surface area contributed by atoms with Crippen molar-refractivity contribution in [3.05, 3.63) is 113 Å². The van der Waals surface area contributed by atoms with E-state index < -0.39 is 11.9 Å². The van der Waals surface area contributed by atoms with Crippen molar-refractivity contribution in [2.24, 2.45) is 4.99 Å². The largest absolute Gasteiger partial charge is 0.324 e. The Kier molecular flexibility index (Phi) is 5.65. The molecule has 2 amide bonds. The summed E-state index contributed by atoms with van der Waals surface area (Å²) in [5, 5.41) is 14.2. The van der Waals surface area contributed by atoms with Gasteiger partial charge in [0.25, 0.3) is 5.91 Å². The molecule has 6 heteroatoms. The zero-order valence-electron chi connectivity index (χ0n) is 18.6. The van der Waals surface area contributed by atoms with Gasteiger partial charge < -0.3 is 5.32 Å². The number of anilines is 1. The Morgan fingerprint density at radius 1 is 0.971 bits per heavy atom. The van der Waals surface area contributed by atoms with E-state index >= 15 is 0 Å². The number of carbonyl (C=O) groups excluding carboxylic acids is 2. The Morgan fingerprint density at radius 3 is 2.50 bits per heavy atom. The Labute approximate surface area is 196 Å². The summed E-state index contributed by atoms with van der Waals surface area (Å²) in [6, 6.07) is 26.4. The van der Waals surface area contributed by atoms with Crippen LogP contribution in [-0.4, -0.2) is 28.8 Å². The lowest BCUT2D eigenvalue weighted by Gasteiger charge is -2.12. The van der Waals surface area contributed by atoms with Crippen LogP contribution in [0.4, 0.5) is 5.69 Å². The lowest BCUT2D eigenvalue weighted by molar-refractivity contribution is -0.117. The summed E-state index contributed by atoms with van der Waals surface area (Å²) < 4.78 is 0. The molecule has 0 aromatic heterocycles. The van der Waals surface area contributed by atoms with Gasteiger partial charge in [0.15, 0.2) is 0 Å². The second kappa shape index (κ2) is 8.92. The number of hydroxylamine groups is 1. The fourth-order valence-corrected chi connectivity index (χ4v) is 4.26. The number of aliphatic imine (C=N–C) groups is 1. The van der Waals surface area contributed by atoms with E-state index in [2.05, 4.69) is 29.6 Å². The minimum atomic E-state index is -0.621. The number of hydrogen-bond acceptors (Lipinski definition) is 4. The zero-order chi connectivity index (χ0) is 23.7. The third kappa shape index (κ3) is 4.19. The number of benzene rings is 4. The summed E-state index contributed by atoms with van der Waals surface area (Å²) in [7, 11) is 0. The Hall–Kier alpha value is -4.29. The van der Waals surface area contributed by atoms with Crippen molar-refractivity contribution >= 4 is 34.0 Å². The molecule has 4 aromatic rings. The molecule has 0 radical (unpaired) electrons. The van der Waals surface area contributed by atoms with Gasteiger partial charge >= 0.3 is 0 Å². The highest BCUT2D eigenvalue weighted by molar-refractivity contribution is 6.20. The number of rotatable bonds is 4. The number of nitrogens with one attached hydrogen (secondary N) is 2. The molecule has 1 atom stereocenters. The van der Waals surface area contributed by atoms with Gasteiger partial charge in [-0.1, -0.05) is 66.2 Å². The maximum Gasteiger partial charge on any atom is 0.274 e. The van der Waals surface area contributed by atoms with Crippen LogP contribution < -0.4 is 10.8 Å². The monoisotopic (exact) mass is 449 g/mol. The van der Waals surface area contributed by atoms with Crippen LogP contribution in [0.25, 0.3) is 10.8 Å². The Balaban J connectivity index is 1.57. The first-order chi connectivity index (χ1) is 16.5. The number of carbonyl (C=O) groups is 2. The summed E-state index contributed by atoms with van der Waals surface area (Å²) in [5.74, 6) is -0.749. The molecule has 0 saturated carbocycles.